The summed E-state index contributed by atoms with van der Waals surface area (Å²) in [5.41, 5.74) is 0. The Bertz CT molecular complexity index is 282. The molecule has 0 aromatic heterocycles. The zero-order valence-electron chi connectivity index (χ0n) is 8.10. The fourth-order valence-corrected chi connectivity index (χ4v) is 0.972. The van der Waals surface area contributed by atoms with Crippen LogP contribution in [0, 0.1) is 5.92 Å². The normalized spacial score (nSPS) is 13.7. The largest absolute Gasteiger partial charge is 0.550 e. The van der Waals surface area contributed by atoms with Gasteiger partial charge in [0.2, 0.25) is 0 Å². The number of esters is 1. The van der Waals surface area contributed by atoms with E-state index in [-0.39, 0.29) is 6.42 Å². The zero-order valence-corrected chi connectivity index (χ0v) is 8.10. The Morgan fingerprint density at radius 2 is 1.87 bits per heavy atom. The van der Waals surface area contributed by atoms with Gasteiger partial charge in [-0.2, -0.15) is 0 Å². The molecule has 6 nitrogen and oxygen atoms in total. The first kappa shape index (κ1) is 13.2. The molecule has 84 valence electrons. The van der Waals surface area contributed by atoms with E-state index in [1.165, 1.54) is 6.92 Å². The highest BCUT2D eigenvalue weighted by molar-refractivity contribution is 5.86. The van der Waals surface area contributed by atoms with Crippen molar-refractivity contribution in [3.63, 3.8) is 0 Å². The molecule has 0 aromatic carbocycles. The minimum Gasteiger partial charge on any atom is -0.550 e. The van der Waals surface area contributed by atoms with Crippen LogP contribution in [0.25, 0.3) is 0 Å². The quantitative estimate of drug-likeness (QED) is 0.360. The molecule has 0 aliphatic heterocycles. The number of hydrogen-bond acceptors (Lipinski definition) is 6. The van der Waals surface area contributed by atoms with Crippen molar-refractivity contribution in [2.45, 2.75) is 19.4 Å². The maximum absolute atomic E-state index is 10.7. The molecule has 2 unspecified atom stereocenters. The van der Waals surface area contributed by atoms with Crippen LogP contribution >= 0.6 is 0 Å². The van der Waals surface area contributed by atoms with Crippen molar-refractivity contribution in [2.75, 3.05) is 0 Å². The SMILES string of the molecule is C=CC(=O)OC(C(=O)[O-])C(CC)C(=O)[O-]. The molecule has 0 fully saturated rings. The molecule has 0 N–H and O–H groups in total. The van der Waals surface area contributed by atoms with Gasteiger partial charge in [0.1, 0.15) is 6.10 Å². The summed E-state index contributed by atoms with van der Waals surface area (Å²) in [6.07, 6.45) is -1.17. The molecular weight excluding hydrogens is 204 g/mol. The lowest BCUT2D eigenvalue weighted by molar-refractivity contribution is -0.330. The van der Waals surface area contributed by atoms with Gasteiger partial charge in [-0.05, 0) is 6.42 Å². The van der Waals surface area contributed by atoms with Crippen molar-refractivity contribution in [3.8, 4) is 0 Å². The number of hydrogen-bond donors (Lipinski definition) is 0. The number of carbonyl (C=O) groups is 3. The second kappa shape index (κ2) is 5.79. The molecule has 0 radical (unpaired) electrons. The van der Waals surface area contributed by atoms with E-state index < -0.39 is 29.9 Å². The third kappa shape index (κ3) is 3.80. The maximum Gasteiger partial charge on any atom is 0.330 e. The summed E-state index contributed by atoms with van der Waals surface area (Å²) < 4.78 is 4.34. The van der Waals surface area contributed by atoms with Crippen LogP contribution in [0.5, 0.6) is 0 Å². The Kier molecular flexibility index (Phi) is 5.08. The molecule has 0 heterocycles. The summed E-state index contributed by atoms with van der Waals surface area (Å²) in [4.78, 5) is 31.8. The molecule has 2 atom stereocenters. The highest BCUT2D eigenvalue weighted by Gasteiger charge is 2.25. The lowest BCUT2D eigenvalue weighted by Gasteiger charge is -2.26. The summed E-state index contributed by atoms with van der Waals surface area (Å²) in [6, 6.07) is 0. The van der Waals surface area contributed by atoms with Gasteiger partial charge in [0, 0.05) is 18.0 Å². The average molecular weight is 214 g/mol. The van der Waals surface area contributed by atoms with Gasteiger partial charge >= 0.3 is 5.97 Å². The Hall–Kier alpha value is -1.85. The lowest BCUT2D eigenvalue weighted by atomic mass is 10.00. The first-order valence-electron chi connectivity index (χ1n) is 4.18. The van der Waals surface area contributed by atoms with Crippen LogP contribution in [0.3, 0.4) is 0 Å². The van der Waals surface area contributed by atoms with E-state index in [1.54, 1.807) is 0 Å². The molecule has 0 spiro atoms. The van der Waals surface area contributed by atoms with Crippen molar-refractivity contribution in [1.29, 1.82) is 0 Å². The van der Waals surface area contributed by atoms with Gasteiger partial charge < -0.3 is 24.5 Å². The number of ether oxygens (including phenoxy) is 1. The van der Waals surface area contributed by atoms with Crippen LogP contribution in [-0.4, -0.2) is 24.0 Å². The number of carboxylic acids is 2. The molecule has 0 bridgehead atoms. The minimum absolute atomic E-state index is 0.0502. The smallest absolute Gasteiger partial charge is 0.330 e. The molecule has 0 saturated carbocycles. The Balaban J connectivity index is 4.78. The van der Waals surface area contributed by atoms with Gasteiger partial charge in [0.15, 0.2) is 0 Å². The number of carboxylic acid groups (broad SMARTS) is 2. The van der Waals surface area contributed by atoms with Gasteiger partial charge in [0.25, 0.3) is 0 Å². The van der Waals surface area contributed by atoms with E-state index in [9.17, 15) is 24.6 Å². The lowest BCUT2D eigenvalue weighted by Crippen LogP contribution is -2.49. The molecule has 0 saturated heterocycles. The van der Waals surface area contributed by atoms with Crippen LogP contribution in [0.15, 0.2) is 12.7 Å². The molecule has 15 heavy (non-hydrogen) atoms. The molecule has 0 aliphatic carbocycles. The van der Waals surface area contributed by atoms with Crippen molar-refractivity contribution < 1.29 is 29.3 Å². The number of rotatable bonds is 6. The van der Waals surface area contributed by atoms with Crippen LogP contribution < -0.4 is 10.2 Å². The van der Waals surface area contributed by atoms with Crippen LogP contribution in [0.4, 0.5) is 0 Å². The highest BCUT2D eigenvalue weighted by atomic mass is 16.6. The van der Waals surface area contributed by atoms with E-state index in [4.69, 9.17) is 0 Å². The van der Waals surface area contributed by atoms with Gasteiger partial charge in [-0.3, -0.25) is 0 Å². The topological polar surface area (TPSA) is 107 Å². The zero-order chi connectivity index (χ0) is 12.0. The van der Waals surface area contributed by atoms with Crippen LogP contribution in [0.2, 0.25) is 0 Å². The second-order valence-electron chi connectivity index (χ2n) is 2.71. The van der Waals surface area contributed by atoms with Crippen molar-refractivity contribution in [2.24, 2.45) is 5.92 Å². The minimum atomic E-state index is -1.86. The van der Waals surface area contributed by atoms with Crippen molar-refractivity contribution in [3.05, 3.63) is 12.7 Å². The van der Waals surface area contributed by atoms with E-state index in [2.05, 4.69) is 11.3 Å². The van der Waals surface area contributed by atoms with Gasteiger partial charge in [-0.15, -0.1) is 0 Å². The van der Waals surface area contributed by atoms with Gasteiger partial charge in [-0.1, -0.05) is 13.5 Å². The Morgan fingerprint density at radius 3 is 2.13 bits per heavy atom. The fourth-order valence-electron chi connectivity index (χ4n) is 0.972. The monoisotopic (exact) mass is 214 g/mol. The van der Waals surface area contributed by atoms with Crippen LogP contribution in [-0.2, 0) is 19.1 Å². The molecule has 0 aliphatic rings. The van der Waals surface area contributed by atoms with E-state index >= 15 is 0 Å². The summed E-state index contributed by atoms with van der Waals surface area (Å²) in [5.74, 6) is -5.84. The molecule has 0 aromatic rings. The third-order valence-electron chi connectivity index (χ3n) is 1.75. The predicted octanol–water partition coefficient (Wildman–Crippen LogP) is -2.39. The summed E-state index contributed by atoms with van der Waals surface area (Å²) in [6.45, 7) is 4.48. The van der Waals surface area contributed by atoms with E-state index in [0.29, 0.717) is 0 Å². The molecular formula is C9H10O6-2. The predicted molar refractivity (Wildman–Crippen MR) is 43.9 cm³/mol. The second-order valence-corrected chi connectivity index (χ2v) is 2.71. The Labute approximate surface area is 86.2 Å². The highest BCUT2D eigenvalue weighted by Crippen LogP contribution is 2.11. The van der Waals surface area contributed by atoms with Gasteiger partial charge in [-0.25, -0.2) is 4.79 Å². The average Bonchev–Trinajstić information content (AvgIpc) is 2.16. The first-order chi connectivity index (χ1) is 6.93. The van der Waals surface area contributed by atoms with E-state index in [1.807, 2.05) is 0 Å². The summed E-state index contributed by atoms with van der Waals surface area (Å²) >= 11 is 0. The first-order valence-corrected chi connectivity index (χ1v) is 4.18. The Morgan fingerprint density at radius 1 is 1.33 bits per heavy atom. The van der Waals surface area contributed by atoms with Crippen molar-refractivity contribution in [1.82, 2.24) is 0 Å². The van der Waals surface area contributed by atoms with Crippen molar-refractivity contribution >= 4 is 17.9 Å². The molecule has 6 heteroatoms. The molecule has 0 amide bonds. The van der Waals surface area contributed by atoms with Gasteiger partial charge in [0.05, 0.1) is 5.97 Å². The standard InChI is InChI=1S/C9H12O6/c1-3-5(8(11)12)7(9(13)14)15-6(10)4-2/h4-5,7H,2-3H2,1H3,(H,11,12)(H,13,14)/p-2. The van der Waals surface area contributed by atoms with Crippen LogP contribution in [0.1, 0.15) is 13.3 Å². The third-order valence-corrected chi connectivity index (χ3v) is 1.75. The summed E-state index contributed by atoms with van der Waals surface area (Å²) in [7, 11) is 0. The number of aliphatic carboxylic acids is 2. The summed E-state index contributed by atoms with van der Waals surface area (Å²) in [5, 5.41) is 21.1. The fraction of sp³-hybridized carbons (Fsp3) is 0.444. The maximum atomic E-state index is 10.7. The number of carbonyl (C=O) groups excluding carboxylic acids is 3. The molecule has 0 rings (SSSR count). The van der Waals surface area contributed by atoms with E-state index in [0.717, 1.165) is 6.08 Å².